The molecule has 1 saturated carbocycles. The molecule has 2 fully saturated rings. The molecule has 0 amide bonds. The van der Waals surface area contributed by atoms with Crippen molar-refractivity contribution in [3.05, 3.63) is 35.6 Å². The Morgan fingerprint density at radius 1 is 1.18 bits per heavy atom. The van der Waals surface area contributed by atoms with Gasteiger partial charge < -0.3 is 15.4 Å². The summed E-state index contributed by atoms with van der Waals surface area (Å²) < 4.78 is 18.7. The molecule has 0 spiro atoms. The van der Waals surface area contributed by atoms with Crippen molar-refractivity contribution in [2.75, 3.05) is 39.4 Å². The van der Waals surface area contributed by atoms with E-state index in [1.165, 1.54) is 30.5 Å². The van der Waals surface area contributed by atoms with E-state index in [1.54, 1.807) is 0 Å². The third-order valence-electron chi connectivity index (χ3n) is 5.15. The highest BCUT2D eigenvalue weighted by atomic mass is 127. The molecule has 1 heterocycles. The lowest BCUT2D eigenvalue weighted by Crippen LogP contribution is -2.48. The average molecular weight is 504 g/mol. The fourth-order valence-corrected chi connectivity index (χ4v) is 3.35. The van der Waals surface area contributed by atoms with Gasteiger partial charge in [0.05, 0.1) is 13.2 Å². The highest BCUT2D eigenvalue weighted by Crippen LogP contribution is 2.28. The molecule has 3 rings (SSSR count). The van der Waals surface area contributed by atoms with E-state index in [1.807, 2.05) is 12.1 Å². The third-order valence-corrected chi connectivity index (χ3v) is 5.15. The van der Waals surface area contributed by atoms with Crippen LogP contribution in [0.4, 0.5) is 4.39 Å². The Morgan fingerprint density at radius 2 is 1.89 bits per heavy atom. The van der Waals surface area contributed by atoms with Gasteiger partial charge in [0.2, 0.25) is 0 Å². The molecule has 0 unspecified atom stereocenters. The second-order valence-electron chi connectivity index (χ2n) is 7.60. The molecule has 1 aromatic carbocycles. The maximum Gasteiger partial charge on any atom is 0.191 e. The molecule has 1 aliphatic heterocycles. The minimum absolute atomic E-state index is 0. The Hall–Kier alpha value is -0.930. The number of ether oxygens (including phenoxy) is 1. The maximum absolute atomic E-state index is 13.0. The molecule has 2 N–H and O–H groups in total. The van der Waals surface area contributed by atoms with Crippen molar-refractivity contribution in [3.8, 4) is 0 Å². The van der Waals surface area contributed by atoms with E-state index in [0.717, 1.165) is 57.5 Å². The summed E-state index contributed by atoms with van der Waals surface area (Å²) in [6, 6.07) is 7.27. The van der Waals surface area contributed by atoms with Crippen molar-refractivity contribution in [3.63, 3.8) is 0 Å². The predicted molar refractivity (Wildman–Crippen MR) is 123 cm³/mol. The van der Waals surface area contributed by atoms with E-state index in [0.29, 0.717) is 19.2 Å². The number of rotatable bonds is 9. The Kier molecular flexibility index (Phi) is 10.5. The van der Waals surface area contributed by atoms with Crippen molar-refractivity contribution in [1.82, 2.24) is 15.5 Å². The average Bonchev–Trinajstić information content (AvgIpc) is 3.49. The van der Waals surface area contributed by atoms with Crippen LogP contribution in [-0.2, 0) is 11.3 Å². The molecular weight excluding hydrogens is 470 g/mol. The number of nitrogens with zero attached hydrogens (tertiary/aromatic N) is 2. The van der Waals surface area contributed by atoms with Crippen LogP contribution in [0.15, 0.2) is 29.3 Å². The Morgan fingerprint density at radius 3 is 2.54 bits per heavy atom. The van der Waals surface area contributed by atoms with E-state index in [4.69, 9.17) is 4.74 Å². The van der Waals surface area contributed by atoms with Crippen LogP contribution in [0.2, 0.25) is 0 Å². The lowest BCUT2D eigenvalue weighted by Gasteiger charge is -2.33. The van der Waals surface area contributed by atoms with E-state index in [-0.39, 0.29) is 29.8 Å². The molecule has 1 aromatic rings. The topological polar surface area (TPSA) is 48.9 Å². The summed E-state index contributed by atoms with van der Waals surface area (Å²) in [5, 5.41) is 6.90. The van der Waals surface area contributed by atoms with Crippen molar-refractivity contribution >= 4 is 29.9 Å². The van der Waals surface area contributed by atoms with E-state index in [2.05, 4.69) is 27.4 Å². The molecule has 0 radical (unpaired) electrons. The number of benzene rings is 1. The Labute approximate surface area is 185 Å². The zero-order chi connectivity index (χ0) is 18.9. The number of nitrogens with one attached hydrogen (secondary N) is 2. The first-order chi connectivity index (χ1) is 13.2. The molecular formula is C21H34FIN4O. The maximum atomic E-state index is 13.0. The zero-order valence-corrected chi connectivity index (χ0v) is 19.2. The van der Waals surface area contributed by atoms with Gasteiger partial charge in [-0.1, -0.05) is 12.1 Å². The van der Waals surface area contributed by atoms with Gasteiger partial charge in [0.1, 0.15) is 5.82 Å². The van der Waals surface area contributed by atoms with E-state index < -0.39 is 0 Å². The SMILES string of the molecule is CCNC(=NCCOCC1CC1)NC1CCN(Cc2ccc(F)cc2)CC1.I. The number of hydrogen-bond donors (Lipinski definition) is 2. The van der Waals surface area contributed by atoms with Gasteiger partial charge in [-0.15, -0.1) is 24.0 Å². The molecule has 1 aliphatic carbocycles. The van der Waals surface area contributed by atoms with Crippen LogP contribution in [0, 0.1) is 11.7 Å². The normalized spacial score (nSPS) is 18.6. The molecule has 158 valence electrons. The summed E-state index contributed by atoms with van der Waals surface area (Å²) >= 11 is 0. The highest BCUT2D eigenvalue weighted by Gasteiger charge is 2.21. The van der Waals surface area contributed by atoms with Crippen LogP contribution in [0.1, 0.15) is 38.2 Å². The fourth-order valence-electron chi connectivity index (χ4n) is 3.35. The van der Waals surface area contributed by atoms with Crippen LogP contribution in [0.25, 0.3) is 0 Å². The Balaban J connectivity index is 0.00000280. The first-order valence-corrected chi connectivity index (χ1v) is 10.3. The monoisotopic (exact) mass is 504 g/mol. The largest absolute Gasteiger partial charge is 0.379 e. The van der Waals surface area contributed by atoms with Gasteiger partial charge in [0.15, 0.2) is 5.96 Å². The second-order valence-corrected chi connectivity index (χ2v) is 7.60. The smallest absolute Gasteiger partial charge is 0.191 e. The van der Waals surface area contributed by atoms with Crippen molar-refractivity contribution in [2.24, 2.45) is 10.9 Å². The number of hydrogen-bond acceptors (Lipinski definition) is 3. The third kappa shape index (κ3) is 8.61. The number of aliphatic imine (C=N–C) groups is 1. The molecule has 1 saturated heterocycles. The van der Waals surface area contributed by atoms with Crippen molar-refractivity contribution in [1.29, 1.82) is 0 Å². The fraction of sp³-hybridized carbons (Fsp3) is 0.667. The van der Waals surface area contributed by atoms with E-state index in [9.17, 15) is 4.39 Å². The standard InChI is InChI=1S/C21H33FN4O.HI/c1-2-23-21(24-11-14-27-16-18-3-4-18)25-20-9-12-26(13-10-20)15-17-5-7-19(22)8-6-17;/h5-8,18,20H,2-4,9-16H2,1H3,(H2,23,24,25);1H. The summed E-state index contributed by atoms with van der Waals surface area (Å²) in [5.41, 5.74) is 1.17. The second kappa shape index (κ2) is 12.6. The molecule has 2 aliphatic rings. The molecule has 28 heavy (non-hydrogen) atoms. The summed E-state index contributed by atoms with van der Waals surface area (Å²) in [6.45, 7) is 8.21. The zero-order valence-electron chi connectivity index (χ0n) is 16.8. The lowest BCUT2D eigenvalue weighted by atomic mass is 10.0. The minimum atomic E-state index is -0.171. The molecule has 0 bridgehead atoms. The van der Waals surface area contributed by atoms with Gasteiger partial charge in [0, 0.05) is 38.8 Å². The number of guanidine groups is 1. The van der Waals surface area contributed by atoms with Crippen LogP contribution in [-0.4, -0.2) is 56.3 Å². The molecule has 0 atom stereocenters. The number of likely N-dealkylation sites (tertiary alicyclic amines) is 1. The Bertz CT molecular complexity index is 587. The first kappa shape index (κ1) is 23.3. The molecule has 0 aromatic heterocycles. The quantitative estimate of drug-likeness (QED) is 0.234. The number of piperidine rings is 1. The van der Waals surface area contributed by atoms with E-state index >= 15 is 0 Å². The van der Waals surface area contributed by atoms with Crippen molar-refractivity contribution < 1.29 is 9.13 Å². The lowest BCUT2D eigenvalue weighted by molar-refractivity contribution is 0.131. The number of halogens is 2. The van der Waals surface area contributed by atoms with Crippen LogP contribution < -0.4 is 10.6 Å². The van der Waals surface area contributed by atoms with Crippen LogP contribution in [0.5, 0.6) is 0 Å². The van der Waals surface area contributed by atoms with Gasteiger partial charge in [-0.05, 0) is 56.2 Å². The summed E-state index contributed by atoms with van der Waals surface area (Å²) in [5.74, 6) is 1.53. The van der Waals surface area contributed by atoms with Gasteiger partial charge >= 0.3 is 0 Å². The first-order valence-electron chi connectivity index (χ1n) is 10.3. The summed E-state index contributed by atoms with van der Waals surface area (Å²) in [4.78, 5) is 7.07. The van der Waals surface area contributed by atoms with Gasteiger partial charge in [-0.3, -0.25) is 9.89 Å². The minimum Gasteiger partial charge on any atom is -0.379 e. The molecule has 7 heteroatoms. The van der Waals surface area contributed by atoms with Gasteiger partial charge in [-0.2, -0.15) is 0 Å². The summed E-state index contributed by atoms with van der Waals surface area (Å²) in [6.07, 6.45) is 4.83. The summed E-state index contributed by atoms with van der Waals surface area (Å²) in [7, 11) is 0. The van der Waals surface area contributed by atoms with Crippen LogP contribution in [0.3, 0.4) is 0 Å². The predicted octanol–water partition coefficient (Wildman–Crippen LogP) is 3.39. The highest BCUT2D eigenvalue weighted by molar-refractivity contribution is 14.0. The van der Waals surface area contributed by atoms with Crippen molar-refractivity contribution in [2.45, 2.75) is 45.2 Å². The van der Waals surface area contributed by atoms with Gasteiger partial charge in [-0.25, -0.2) is 4.39 Å². The van der Waals surface area contributed by atoms with Crippen LogP contribution >= 0.6 is 24.0 Å². The van der Waals surface area contributed by atoms with Gasteiger partial charge in [0.25, 0.3) is 0 Å². The molecule has 5 nitrogen and oxygen atoms in total.